The third-order valence-corrected chi connectivity index (χ3v) is 4.33. The quantitative estimate of drug-likeness (QED) is 0.918. The van der Waals surface area contributed by atoms with Gasteiger partial charge in [-0.2, -0.15) is 13.2 Å². The average molecular weight is 353 g/mol. The average Bonchev–Trinajstić information content (AvgIpc) is 3.07. The number of alkyl halides is 3. The van der Waals surface area contributed by atoms with Gasteiger partial charge in [-0.3, -0.25) is 4.79 Å². The SMILES string of the molecule is COc1ccc(C2CN(C(=O)CCC(F)(F)F)Cc3[nH]cnc32)cc1. The lowest BCUT2D eigenvalue weighted by molar-refractivity contribution is -0.149. The first-order valence-electron chi connectivity index (χ1n) is 7.88. The number of benzene rings is 1. The molecule has 0 spiro atoms. The van der Waals surface area contributed by atoms with Crippen LogP contribution in [0.1, 0.15) is 35.7 Å². The highest BCUT2D eigenvalue weighted by Gasteiger charge is 2.33. The van der Waals surface area contributed by atoms with Crippen molar-refractivity contribution in [3.05, 3.63) is 47.5 Å². The topological polar surface area (TPSA) is 58.2 Å². The van der Waals surface area contributed by atoms with Crippen LogP contribution in [0.3, 0.4) is 0 Å². The molecule has 3 rings (SSSR count). The van der Waals surface area contributed by atoms with Crippen molar-refractivity contribution >= 4 is 5.91 Å². The number of aromatic nitrogens is 2. The van der Waals surface area contributed by atoms with Gasteiger partial charge in [-0.1, -0.05) is 12.1 Å². The summed E-state index contributed by atoms with van der Waals surface area (Å²) >= 11 is 0. The molecule has 1 aliphatic heterocycles. The molecule has 2 aromatic rings. The smallest absolute Gasteiger partial charge is 0.389 e. The molecule has 1 aromatic carbocycles. The predicted octanol–water partition coefficient (Wildman–Crippen LogP) is 3.23. The summed E-state index contributed by atoms with van der Waals surface area (Å²) in [7, 11) is 1.57. The monoisotopic (exact) mass is 353 g/mol. The zero-order valence-corrected chi connectivity index (χ0v) is 13.6. The number of ether oxygens (including phenoxy) is 1. The predicted molar refractivity (Wildman–Crippen MR) is 84.1 cm³/mol. The van der Waals surface area contributed by atoms with Crippen LogP contribution in [0.5, 0.6) is 5.75 Å². The Kier molecular flexibility index (Phi) is 4.69. The minimum atomic E-state index is -4.33. The molecule has 1 aromatic heterocycles. The second-order valence-electron chi connectivity index (χ2n) is 5.98. The van der Waals surface area contributed by atoms with E-state index in [0.717, 1.165) is 17.0 Å². The molecule has 1 amide bonds. The van der Waals surface area contributed by atoms with E-state index in [9.17, 15) is 18.0 Å². The molecule has 134 valence electrons. The van der Waals surface area contributed by atoms with Crippen LogP contribution < -0.4 is 4.74 Å². The van der Waals surface area contributed by atoms with Crippen LogP contribution >= 0.6 is 0 Å². The molecule has 2 heterocycles. The minimum Gasteiger partial charge on any atom is -0.497 e. The van der Waals surface area contributed by atoms with E-state index < -0.39 is 24.9 Å². The maximum absolute atomic E-state index is 12.4. The number of carbonyl (C=O) groups excluding carboxylic acids is 1. The third-order valence-electron chi connectivity index (χ3n) is 4.33. The molecule has 0 radical (unpaired) electrons. The van der Waals surface area contributed by atoms with Crippen molar-refractivity contribution in [2.24, 2.45) is 0 Å². The molecule has 8 heteroatoms. The zero-order chi connectivity index (χ0) is 18.0. The number of methoxy groups -OCH3 is 1. The summed E-state index contributed by atoms with van der Waals surface area (Å²) in [6.07, 6.45) is -4.43. The van der Waals surface area contributed by atoms with Gasteiger partial charge in [0.15, 0.2) is 0 Å². The molecule has 1 atom stereocenters. The molecule has 0 saturated heterocycles. The first kappa shape index (κ1) is 17.3. The first-order valence-corrected chi connectivity index (χ1v) is 7.88. The number of amides is 1. The number of hydrogen-bond donors (Lipinski definition) is 1. The Balaban J connectivity index is 1.80. The highest BCUT2D eigenvalue weighted by molar-refractivity contribution is 5.76. The van der Waals surface area contributed by atoms with Crippen LogP contribution in [0, 0.1) is 0 Å². The molecule has 1 unspecified atom stereocenters. The molecule has 5 nitrogen and oxygen atoms in total. The van der Waals surface area contributed by atoms with E-state index in [2.05, 4.69) is 9.97 Å². The van der Waals surface area contributed by atoms with E-state index in [4.69, 9.17) is 4.74 Å². The molecule has 1 aliphatic rings. The molecule has 25 heavy (non-hydrogen) atoms. The Morgan fingerprint density at radius 3 is 2.72 bits per heavy atom. The lowest BCUT2D eigenvalue weighted by atomic mass is 9.90. The van der Waals surface area contributed by atoms with Crippen molar-refractivity contribution in [1.29, 1.82) is 0 Å². The molecule has 0 aliphatic carbocycles. The van der Waals surface area contributed by atoms with Crippen LogP contribution in [0.2, 0.25) is 0 Å². The Morgan fingerprint density at radius 2 is 2.08 bits per heavy atom. The van der Waals surface area contributed by atoms with Gasteiger partial charge in [-0.15, -0.1) is 0 Å². The van der Waals surface area contributed by atoms with E-state index >= 15 is 0 Å². The number of rotatable bonds is 4. The zero-order valence-electron chi connectivity index (χ0n) is 13.6. The lowest BCUT2D eigenvalue weighted by Gasteiger charge is -2.32. The number of imidazole rings is 1. The highest BCUT2D eigenvalue weighted by atomic mass is 19.4. The standard InChI is InChI=1S/C17H18F3N3O2/c1-25-12-4-2-11(3-5-12)13-8-23(9-14-16(13)22-10-21-14)15(24)6-7-17(18,19)20/h2-5,10,13H,6-9H2,1H3,(H,21,22). The highest BCUT2D eigenvalue weighted by Crippen LogP contribution is 2.33. The van der Waals surface area contributed by atoms with Gasteiger partial charge in [0.2, 0.25) is 5.91 Å². The van der Waals surface area contributed by atoms with E-state index in [1.807, 2.05) is 24.3 Å². The van der Waals surface area contributed by atoms with Crippen LogP contribution in [0.15, 0.2) is 30.6 Å². The Labute approximate surface area is 142 Å². The second-order valence-corrected chi connectivity index (χ2v) is 5.98. The van der Waals surface area contributed by atoms with Crippen LogP contribution in [-0.4, -0.2) is 40.6 Å². The number of aromatic amines is 1. The summed E-state index contributed by atoms with van der Waals surface area (Å²) in [6.45, 7) is 0.555. The van der Waals surface area contributed by atoms with E-state index in [-0.39, 0.29) is 12.5 Å². The summed E-state index contributed by atoms with van der Waals surface area (Å²) < 4.78 is 42.3. The normalized spacial score (nSPS) is 17.3. The lowest BCUT2D eigenvalue weighted by Crippen LogP contribution is -2.39. The van der Waals surface area contributed by atoms with Crippen molar-refractivity contribution in [3.63, 3.8) is 0 Å². The maximum Gasteiger partial charge on any atom is 0.389 e. The van der Waals surface area contributed by atoms with E-state index in [1.165, 1.54) is 4.90 Å². The van der Waals surface area contributed by atoms with Crippen LogP contribution in [-0.2, 0) is 11.3 Å². The van der Waals surface area contributed by atoms with E-state index in [1.54, 1.807) is 13.4 Å². The molecule has 0 fully saturated rings. The van der Waals surface area contributed by atoms with Crippen LogP contribution in [0.25, 0.3) is 0 Å². The Hall–Kier alpha value is -2.51. The van der Waals surface area contributed by atoms with Crippen molar-refractivity contribution in [2.45, 2.75) is 31.5 Å². The van der Waals surface area contributed by atoms with Crippen molar-refractivity contribution in [3.8, 4) is 5.75 Å². The number of halogens is 3. The number of H-pyrrole nitrogens is 1. The van der Waals surface area contributed by atoms with Gasteiger partial charge >= 0.3 is 6.18 Å². The number of hydrogen-bond acceptors (Lipinski definition) is 3. The van der Waals surface area contributed by atoms with Gasteiger partial charge in [0, 0.05) is 18.9 Å². The van der Waals surface area contributed by atoms with Gasteiger partial charge < -0.3 is 14.6 Å². The minimum absolute atomic E-state index is 0.184. The Bertz CT molecular complexity index is 740. The van der Waals surface area contributed by atoms with Gasteiger partial charge in [0.1, 0.15) is 5.75 Å². The second kappa shape index (κ2) is 6.78. The van der Waals surface area contributed by atoms with Crippen molar-refractivity contribution in [2.75, 3.05) is 13.7 Å². The van der Waals surface area contributed by atoms with Crippen molar-refractivity contribution < 1.29 is 22.7 Å². The fraction of sp³-hybridized carbons (Fsp3) is 0.412. The summed E-state index contributed by atoms with van der Waals surface area (Å²) in [5, 5.41) is 0. The van der Waals surface area contributed by atoms with Gasteiger partial charge in [0.25, 0.3) is 0 Å². The first-order chi connectivity index (χ1) is 11.9. The largest absolute Gasteiger partial charge is 0.497 e. The van der Waals surface area contributed by atoms with Crippen LogP contribution in [0.4, 0.5) is 13.2 Å². The number of fused-ring (bicyclic) bond motifs is 1. The number of carbonyl (C=O) groups is 1. The summed E-state index contributed by atoms with van der Waals surface area (Å²) in [5.41, 5.74) is 2.51. The fourth-order valence-corrected chi connectivity index (χ4v) is 3.02. The van der Waals surface area contributed by atoms with Gasteiger partial charge in [0.05, 0.1) is 37.8 Å². The fourth-order valence-electron chi connectivity index (χ4n) is 3.02. The summed E-state index contributed by atoms with van der Waals surface area (Å²) in [6, 6.07) is 7.38. The molecule has 0 bridgehead atoms. The third kappa shape index (κ3) is 3.94. The summed E-state index contributed by atoms with van der Waals surface area (Å²) in [5.74, 6) is 0.0201. The maximum atomic E-state index is 12.4. The molecule has 0 saturated carbocycles. The van der Waals surface area contributed by atoms with E-state index in [0.29, 0.717) is 12.3 Å². The molecule has 1 N–H and O–H groups in total. The Morgan fingerprint density at radius 1 is 1.36 bits per heavy atom. The van der Waals surface area contributed by atoms with Gasteiger partial charge in [-0.05, 0) is 17.7 Å². The summed E-state index contributed by atoms with van der Waals surface area (Å²) in [4.78, 5) is 21.0. The molecular weight excluding hydrogens is 335 g/mol. The molecular formula is C17H18F3N3O2. The van der Waals surface area contributed by atoms with Crippen molar-refractivity contribution in [1.82, 2.24) is 14.9 Å². The number of nitrogens with zero attached hydrogens (tertiary/aromatic N) is 2. The van der Waals surface area contributed by atoms with Gasteiger partial charge in [-0.25, -0.2) is 4.98 Å². The number of nitrogens with one attached hydrogen (secondary N) is 1.